The van der Waals surface area contributed by atoms with Gasteiger partial charge in [-0.3, -0.25) is 14.4 Å². The van der Waals surface area contributed by atoms with Gasteiger partial charge in [0.25, 0.3) is 5.91 Å². The van der Waals surface area contributed by atoms with E-state index in [9.17, 15) is 19.2 Å². The van der Waals surface area contributed by atoms with Crippen LogP contribution in [0.3, 0.4) is 0 Å². The van der Waals surface area contributed by atoms with Crippen LogP contribution in [0.1, 0.15) is 58.9 Å². The van der Waals surface area contributed by atoms with Crippen LogP contribution in [0.4, 0.5) is 4.79 Å². The Morgan fingerprint density at radius 1 is 1.28 bits per heavy atom. The summed E-state index contributed by atoms with van der Waals surface area (Å²) in [7, 11) is 0. The van der Waals surface area contributed by atoms with Crippen molar-refractivity contribution in [1.82, 2.24) is 21.1 Å². The number of Topliss-reactive ketones (excluding diaryl/α,β-unsaturated/α-hetero) is 1. The number of aryl methyl sites for hydroxylation is 1. The number of carbonyl (C=O) groups excluding carboxylic acids is 4. The normalized spacial score (nSPS) is 18.8. The molecule has 10 nitrogen and oxygen atoms in total. The molecule has 0 radical (unpaired) electrons. The number of rotatable bonds is 5. The van der Waals surface area contributed by atoms with Crippen molar-refractivity contribution in [1.29, 1.82) is 0 Å². The second kappa shape index (κ2) is 11.1. The fraction of sp³-hybridized carbons (Fsp3) is 0.682. The number of ketones is 1. The minimum absolute atomic E-state index is 0.191. The summed E-state index contributed by atoms with van der Waals surface area (Å²) in [6, 6.07) is -0.106. The fourth-order valence-electron chi connectivity index (χ4n) is 3.14. The topological polar surface area (TPSA) is 140 Å². The van der Waals surface area contributed by atoms with Crippen molar-refractivity contribution in [2.75, 3.05) is 13.2 Å². The van der Waals surface area contributed by atoms with Crippen molar-refractivity contribution < 1.29 is 28.4 Å². The maximum Gasteiger partial charge on any atom is 0.407 e. The van der Waals surface area contributed by atoms with E-state index < -0.39 is 35.8 Å². The first-order valence-electron chi connectivity index (χ1n) is 11.0. The van der Waals surface area contributed by atoms with E-state index in [1.807, 2.05) is 26.8 Å². The zero-order chi connectivity index (χ0) is 23.9. The van der Waals surface area contributed by atoms with E-state index >= 15 is 0 Å². The highest BCUT2D eigenvalue weighted by atomic mass is 16.5. The number of fused-ring (bicyclic) bond motifs is 2. The van der Waals surface area contributed by atoms with Gasteiger partial charge >= 0.3 is 6.09 Å². The molecule has 0 fully saturated rings. The molecule has 3 amide bonds. The molecule has 10 heteroatoms. The van der Waals surface area contributed by atoms with Crippen molar-refractivity contribution >= 4 is 23.7 Å². The number of hydrogen-bond donors (Lipinski definition) is 3. The number of aromatic nitrogens is 1. The van der Waals surface area contributed by atoms with Gasteiger partial charge in [-0.25, -0.2) is 4.79 Å². The van der Waals surface area contributed by atoms with Crippen LogP contribution in [0.2, 0.25) is 0 Å². The third-order valence-electron chi connectivity index (χ3n) is 4.91. The van der Waals surface area contributed by atoms with Crippen molar-refractivity contribution in [3.63, 3.8) is 0 Å². The maximum atomic E-state index is 12.9. The number of nitrogens with zero attached hydrogens (tertiary/aromatic N) is 1. The minimum Gasteiger partial charge on any atom is -0.449 e. The average molecular weight is 451 g/mol. The minimum atomic E-state index is -1.01. The Morgan fingerprint density at radius 2 is 2.00 bits per heavy atom. The lowest BCUT2D eigenvalue weighted by atomic mass is 9.99. The third kappa shape index (κ3) is 7.97. The van der Waals surface area contributed by atoms with Crippen LogP contribution in [0.5, 0.6) is 0 Å². The molecule has 2 bridgehead atoms. The summed E-state index contributed by atoms with van der Waals surface area (Å²) in [5.74, 6) is -1.66. The second-order valence-electron chi connectivity index (χ2n) is 9.61. The predicted molar refractivity (Wildman–Crippen MR) is 116 cm³/mol. The summed E-state index contributed by atoms with van der Waals surface area (Å²) in [4.78, 5) is 50.1. The van der Waals surface area contributed by atoms with Gasteiger partial charge in [0, 0.05) is 19.0 Å². The molecule has 0 spiro atoms. The fourth-order valence-corrected chi connectivity index (χ4v) is 3.14. The summed E-state index contributed by atoms with van der Waals surface area (Å²) in [5, 5.41) is 11.7. The van der Waals surface area contributed by atoms with Crippen LogP contribution in [0, 0.1) is 11.3 Å². The zero-order valence-corrected chi connectivity index (χ0v) is 19.4. The summed E-state index contributed by atoms with van der Waals surface area (Å²) in [6.45, 7) is 9.72. The predicted octanol–water partition coefficient (Wildman–Crippen LogP) is 1.52. The van der Waals surface area contributed by atoms with Crippen molar-refractivity contribution in [3.05, 3.63) is 17.5 Å². The van der Waals surface area contributed by atoms with Crippen LogP contribution in [-0.2, 0) is 32.0 Å². The van der Waals surface area contributed by atoms with E-state index in [0.29, 0.717) is 25.0 Å². The van der Waals surface area contributed by atoms with E-state index in [4.69, 9.17) is 9.26 Å². The van der Waals surface area contributed by atoms with E-state index in [-0.39, 0.29) is 30.9 Å². The first-order chi connectivity index (χ1) is 15.0. The molecule has 1 aliphatic heterocycles. The van der Waals surface area contributed by atoms with Crippen LogP contribution < -0.4 is 16.0 Å². The Morgan fingerprint density at radius 3 is 2.66 bits per heavy atom. The number of ether oxygens (including phenoxy) is 1. The van der Waals surface area contributed by atoms with Gasteiger partial charge in [0.1, 0.15) is 11.8 Å². The SMILES string of the molecule is CC(C)C(NC(=O)OCC(C)(C)C)C(=O)NC1CCCc2cc(on2)CCNC(=O)C1=O. The lowest BCUT2D eigenvalue weighted by Gasteiger charge is -2.25. The Balaban J connectivity index is 2.05. The van der Waals surface area contributed by atoms with Crippen LogP contribution in [0.15, 0.2) is 10.6 Å². The van der Waals surface area contributed by atoms with Crippen molar-refractivity contribution in [3.8, 4) is 0 Å². The van der Waals surface area contributed by atoms with Crippen molar-refractivity contribution in [2.45, 2.75) is 72.4 Å². The molecule has 0 aromatic carbocycles. The first kappa shape index (κ1) is 25.4. The summed E-state index contributed by atoms with van der Waals surface area (Å²) >= 11 is 0. The molecule has 178 valence electrons. The molecule has 1 aromatic heterocycles. The molecule has 3 N–H and O–H groups in total. The van der Waals surface area contributed by atoms with Crippen LogP contribution >= 0.6 is 0 Å². The van der Waals surface area contributed by atoms with E-state index in [1.165, 1.54) is 0 Å². The Labute approximate surface area is 188 Å². The van der Waals surface area contributed by atoms with Gasteiger partial charge in [0.05, 0.1) is 18.3 Å². The molecule has 0 saturated heterocycles. The second-order valence-corrected chi connectivity index (χ2v) is 9.61. The molecule has 32 heavy (non-hydrogen) atoms. The largest absolute Gasteiger partial charge is 0.449 e. The quantitative estimate of drug-likeness (QED) is 0.578. The molecular weight excluding hydrogens is 416 g/mol. The number of nitrogens with one attached hydrogen (secondary N) is 3. The maximum absolute atomic E-state index is 12.9. The Hall–Kier alpha value is -2.91. The standard InChI is InChI=1S/C22H34N4O6/c1-13(2)17(25-21(30)31-12-22(3,4)5)19(28)24-16-8-6-7-14-11-15(32-26-14)9-10-23-20(29)18(16)27/h11,13,16-17H,6-10,12H2,1-5H3,(H,23,29)(H,24,28)(H,25,30). The summed E-state index contributed by atoms with van der Waals surface area (Å²) in [5.41, 5.74) is 0.540. The Bertz CT molecular complexity index is 827. The molecule has 2 rings (SSSR count). The highest BCUT2D eigenvalue weighted by molar-refractivity contribution is 6.38. The molecule has 0 saturated carbocycles. The van der Waals surface area contributed by atoms with Crippen LogP contribution in [-0.4, -0.2) is 54.1 Å². The third-order valence-corrected chi connectivity index (χ3v) is 4.91. The van der Waals surface area contributed by atoms with E-state index in [1.54, 1.807) is 13.8 Å². The molecular formula is C22H34N4O6. The lowest BCUT2D eigenvalue weighted by molar-refractivity contribution is -0.140. The molecule has 2 unspecified atom stereocenters. The summed E-state index contributed by atoms with van der Waals surface area (Å²) < 4.78 is 10.4. The monoisotopic (exact) mass is 450 g/mol. The first-order valence-corrected chi connectivity index (χ1v) is 11.0. The molecule has 1 aliphatic rings. The summed E-state index contributed by atoms with van der Waals surface area (Å²) in [6.07, 6.45) is 1.02. The van der Waals surface area contributed by atoms with Crippen molar-refractivity contribution in [2.24, 2.45) is 11.3 Å². The Kier molecular flexibility index (Phi) is 8.80. The van der Waals surface area contributed by atoms with Crippen LogP contribution in [0.25, 0.3) is 0 Å². The van der Waals surface area contributed by atoms with Gasteiger partial charge in [-0.05, 0) is 30.6 Å². The van der Waals surface area contributed by atoms with Gasteiger partial charge in [-0.15, -0.1) is 0 Å². The van der Waals surface area contributed by atoms with Gasteiger partial charge in [0.2, 0.25) is 11.7 Å². The smallest absolute Gasteiger partial charge is 0.407 e. The average Bonchev–Trinajstić information content (AvgIpc) is 3.15. The van der Waals surface area contributed by atoms with Gasteiger partial charge in [-0.2, -0.15) is 0 Å². The van der Waals surface area contributed by atoms with Gasteiger partial charge in [0.15, 0.2) is 0 Å². The molecule has 0 aliphatic carbocycles. The zero-order valence-electron chi connectivity index (χ0n) is 19.4. The molecule has 2 atom stereocenters. The van der Waals surface area contributed by atoms with Gasteiger partial charge < -0.3 is 25.2 Å². The molecule has 2 heterocycles. The number of carbonyl (C=O) groups is 4. The van der Waals surface area contributed by atoms with Gasteiger partial charge in [-0.1, -0.05) is 39.8 Å². The molecule has 1 aromatic rings. The number of hydrogen-bond acceptors (Lipinski definition) is 7. The highest BCUT2D eigenvalue weighted by Crippen LogP contribution is 2.14. The van der Waals surface area contributed by atoms with E-state index in [2.05, 4.69) is 21.1 Å². The number of amides is 3. The lowest BCUT2D eigenvalue weighted by Crippen LogP contribution is -2.55. The van der Waals surface area contributed by atoms with E-state index in [0.717, 1.165) is 5.69 Å². The highest BCUT2D eigenvalue weighted by Gasteiger charge is 2.32. The number of alkyl carbamates (subject to hydrolysis) is 1.